The minimum Gasteiger partial charge on any atom is -0.384 e. The van der Waals surface area contributed by atoms with Gasteiger partial charge in [-0.3, -0.25) is 19.7 Å². The molecule has 1 atom stereocenters. The summed E-state index contributed by atoms with van der Waals surface area (Å²) in [6.07, 6.45) is 4.33. The summed E-state index contributed by atoms with van der Waals surface area (Å²) in [4.78, 5) is 42.0. The molecule has 1 aromatic carbocycles. The summed E-state index contributed by atoms with van der Waals surface area (Å²) in [7, 11) is 0. The van der Waals surface area contributed by atoms with Gasteiger partial charge in [-0.2, -0.15) is 0 Å². The van der Waals surface area contributed by atoms with Crippen LogP contribution in [-0.2, 0) is 29.1 Å². The van der Waals surface area contributed by atoms with Gasteiger partial charge in [-0.1, -0.05) is 18.2 Å². The van der Waals surface area contributed by atoms with Crippen LogP contribution >= 0.6 is 0 Å². The van der Waals surface area contributed by atoms with E-state index in [4.69, 9.17) is 5.73 Å². The van der Waals surface area contributed by atoms with Crippen LogP contribution in [0.5, 0.6) is 0 Å². The number of rotatable bonds is 7. The maximum absolute atomic E-state index is 12.9. The molecule has 3 amide bonds. The van der Waals surface area contributed by atoms with Crippen LogP contribution in [0.3, 0.4) is 0 Å². The number of nitrogens with two attached hydrogens (primary N) is 1. The summed E-state index contributed by atoms with van der Waals surface area (Å²) in [5.41, 5.74) is 9.35. The summed E-state index contributed by atoms with van der Waals surface area (Å²) < 4.78 is 0. The largest absolute Gasteiger partial charge is 0.384 e. The Balaban J connectivity index is 1.29. The first kappa shape index (κ1) is 20.0. The summed E-state index contributed by atoms with van der Waals surface area (Å²) in [5, 5.41) is 5.73. The second kappa shape index (κ2) is 8.62. The van der Waals surface area contributed by atoms with Crippen molar-refractivity contribution in [3.63, 3.8) is 0 Å². The fourth-order valence-corrected chi connectivity index (χ4v) is 3.95. The zero-order chi connectivity index (χ0) is 21.1. The average molecular weight is 407 g/mol. The lowest BCUT2D eigenvalue weighted by molar-refractivity contribution is -0.136. The molecule has 156 valence electrons. The fraction of sp³-hybridized carbons (Fsp3) is 0.364. The van der Waals surface area contributed by atoms with Gasteiger partial charge in [0.15, 0.2) is 0 Å². The number of imide groups is 1. The van der Waals surface area contributed by atoms with E-state index in [1.165, 1.54) is 0 Å². The number of piperidine rings is 1. The summed E-state index contributed by atoms with van der Waals surface area (Å²) in [6, 6.07) is 9.09. The van der Waals surface area contributed by atoms with Crippen molar-refractivity contribution in [1.29, 1.82) is 0 Å². The molecule has 8 heteroatoms. The molecule has 2 aliphatic rings. The van der Waals surface area contributed by atoms with Crippen LogP contribution < -0.4 is 16.4 Å². The maximum Gasteiger partial charge on any atom is 0.255 e. The molecule has 2 aromatic rings. The highest BCUT2D eigenvalue weighted by atomic mass is 16.2. The number of nitrogens with zero attached hydrogens (tertiary/aromatic N) is 2. The smallest absolute Gasteiger partial charge is 0.255 e. The predicted octanol–water partition coefficient (Wildman–Crippen LogP) is 1.15. The van der Waals surface area contributed by atoms with E-state index in [0.29, 0.717) is 30.9 Å². The van der Waals surface area contributed by atoms with Gasteiger partial charge >= 0.3 is 0 Å². The molecule has 1 unspecified atom stereocenters. The molecule has 0 saturated carbocycles. The topological polar surface area (TPSA) is 117 Å². The Morgan fingerprint density at radius 3 is 2.77 bits per heavy atom. The minimum atomic E-state index is -0.577. The van der Waals surface area contributed by atoms with E-state index < -0.39 is 6.04 Å². The van der Waals surface area contributed by atoms with Gasteiger partial charge in [0, 0.05) is 31.3 Å². The first-order valence-electron chi connectivity index (χ1n) is 10.2. The van der Waals surface area contributed by atoms with Crippen molar-refractivity contribution >= 4 is 23.5 Å². The number of amides is 3. The predicted molar refractivity (Wildman–Crippen MR) is 111 cm³/mol. The Hall–Kier alpha value is -3.26. The Bertz CT molecular complexity index is 973. The van der Waals surface area contributed by atoms with Crippen molar-refractivity contribution < 1.29 is 14.4 Å². The second-order valence-electron chi connectivity index (χ2n) is 7.76. The molecule has 4 N–H and O–H groups in total. The molecule has 4 rings (SSSR count). The summed E-state index contributed by atoms with van der Waals surface area (Å²) in [6.45, 7) is 1.92. The SMILES string of the molecule is Nc1ccc(CCCNCc2ccc3c(c2)C(=O)N(C2CCC(=O)NC2=O)C3)cn1. The zero-order valence-corrected chi connectivity index (χ0v) is 16.7. The molecule has 0 aliphatic carbocycles. The van der Waals surface area contributed by atoms with Crippen molar-refractivity contribution in [3.8, 4) is 0 Å². The molecular formula is C22H25N5O3. The van der Waals surface area contributed by atoms with Crippen LogP contribution in [0.25, 0.3) is 0 Å². The van der Waals surface area contributed by atoms with E-state index in [1.807, 2.05) is 30.3 Å². The standard InChI is InChI=1S/C22H25N5O3/c23-19-7-4-14(12-25-19)2-1-9-24-11-15-3-5-16-13-27(22(30)17(16)10-15)18-6-8-20(28)26-21(18)29/h3-5,7,10,12,18,24H,1-2,6,8-9,11,13H2,(H2,23,25)(H,26,28,29). The van der Waals surface area contributed by atoms with Crippen LogP contribution in [0.2, 0.25) is 0 Å². The Morgan fingerprint density at radius 2 is 2.00 bits per heavy atom. The second-order valence-corrected chi connectivity index (χ2v) is 7.76. The molecule has 2 aliphatic heterocycles. The van der Waals surface area contributed by atoms with Crippen LogP contribution in [0.4, 0.5) is 5.82 Å². The number of aryl methyl sites for hydroxylation is 1. The zero-order valence-electron chi connectivity index (χ0n) is 16.7. The number of nitrogens with one attached hydrogen (secondary N) is 2. The van der Waals surface area contributed by atoms with Crippen LogP contribution in [0.1, 0.15) is 46.3 Å². The van der Waals surface area contributed by atoms with Gasteiger partial charge in [0.2, 0.25) is 11.8 Å². The molecule has 8 nitrogen and oxygen atoms in total. The molecule has 0 spiro atoms. The van der Waals surface area contributed by atoms with Crippen molar-refractivity contribution in [2.24, 2.45) is 0 Å². The highest BCUT2D eigenvalue weighted by molar-refractivity contribution is 6.05. The quantitative estimate of drug-likeness (QED) is 0.468. The lowest BCUT2D eigenvalue weighted by Gasteiger charge is -2.29. The van der Waals surface area contributed by atoms with E-state index in [9.17, 15) is 14.4 Å². The van der Waals surface area contributed by atoms with Gasteiger partial charge in [-0.15, -0.1) is 0 Å². The summed E-state index contributed by atoms with van der Waals surface area (Å²) >= 11 is 0. The molecule has 30 heavy (non-hydrogen) atoms. The van der Waals surface area contributed by atoms with Crippen LogP contribution in [0, 0.1) is 0 Å². The van der Waals surface area contributed by atoms with E-state index >= 15 is 0 Å². The van der Waals surface area contributed by atoms with E-state index in [0.717, 1.165) is 36.1 Å². The normalized spacial score (nSPS) is 18.5. The van der Waals surface area contributed by atoms with Crippen molar-refractivity contribution in [2.45, 2.75) is 44.8 Å². The Labute approximate surface area is 174 Å². The minimum absolute atomic E-state index is 0.141. The number of hydrogen-bond acceptors (Lipinski definition) is 6. The summed E-state index contributed by atoms with van der Waals surface area (Å²) in [5.74, 6) is -0.275. The number of fused-ring (bicyclic) bond motifs is 1. The van der Waals surface area contributed by atoms with E-state index in [1.54, 1.807) is 11.1 Å². The lowest BCUT2D eigenvalue weighted by atomic mass is 10.0. The monoisotopic (exact) mass is 407 g/mol. The van der Waals surface area contributed by atoms with Gasteiger partial charge in [-0.25, -0.2) is 4.98 Å². The molecule has 0 radical (unpaired) electrons. The third-order valence-corrected chi connectivity index (χ3v) is 5.59. The highest BCUT2D eigenvalue weighted by Crippen LogP contribution is 2.28. The maximum atomic E-state index is 12.9. The fourth-order valence-electron chi connectivity index (χ4n) is 3.95. The Kier molecular flexibility index (Phi) is 5.76. The third-order valence-electron chi connectivity index (χ3n) is 5.59. The van der Waals surface area contributed by atoms with Gasteiger partial charge in [0.1, 0.15) is 11.9 Å². The molecule has 3 heterocycles. The molecule has 1 saturated heterocycles. The van der Waals surface area contributed by atoms with Gasteiger partial charge in [0.25, 0.3) is 5.91 Å². The van der Waals surface area contributed by atoms with Crippen molar-refractivity contribution in [3.05, 3.63) is 58.8 Å². The van der Waals surface area contributed by atoms with Gasteiger partial charge in [-0.05, 0) is 54.6 Å². The number of hydrogen-bond donors (Lipinski definition) is 3. The van der Waals surface area contributed by atoms with Crippen LogP contribution in [0.15, 0.2) is 36.5 Å². The number of benzene rings is 1. The molecule has 1 fully saturated rings. The van der Waals surface area contributed by atoms with Gasteiger partial charge in [0.05, 0.1) is 0 Å². The molecule has 0 bridgehead atoms. The van der Waals surface area contributed by atoms with Crippen molar-refractivity contribution in [2.75, 3.05) is 12.3 Å². The average Bonchev–Trinajstić information content (AvgIpc) is 3.05. The van der Waals surface area contributed by atoms with E-state index in [2.05, 4.69) is 15.6 Å². The third kappa shape index (κ3) is 4.33. The Morgan fingerprint density at radius 1 is 1.17 bits per heavy atom. The highest BCUT2D eigenvalue weighted by Gasteiger charge is 2.38. The van der Waals surface area contributed by atoms with Gasteiger partial charge < -0.3 is 16.0 Å². The van der Waals surface area contributed by atoms with Crippen molar-refractivity contribution in [1.82, 2.24) is 20.5 Å². The van der Waals surface area contributed by atoms with Crippen LogP contribution in [-0.4, -0.2) is 40.2 Å². The lowest BCUT2D eigenvalue weighted by Crippen LogP contribution is -2.52. The first-order valence-corrected chi connectivity index (χ1v) is 10.2. The number of nitrogen functional groups attached to an aromatic ring is 1. The number of carbonyl (C=O) groups is 3. The first-order chi connectivity index (χ1) is 14.5. The number of anilines is 1. The molecular weight excluding hydrogens is 382 g/mol. The number of pyridine rings is 1. The number of carbonyl (C=O) groups excluding carboxylic acids is 3. The van der Waals surface area contributed by atoms with E-state index in [-0.39, 0.29) is 24.1 Å². The number of aromatic nitrogens is 1. The molecule has 1 aromatic heterocycles.